The molecule has 0 saturated carbocycles. The van der Waals surface area contributed by atoms with E-state index in [-0.39, 0.29) is 11.9 Å². The van der Waals surface area contributed by atoms with E-state index in [1.54, 1.807) is 0 Å². The van der Waals surface area contributed by atoms with E-state index in [4.69, 9.17) is 0 Å². The molecule has 1 fully saturated rings. The Kier molecular flexibility index (Phi) is 4.33. The van der Waals surface area contributed by atoms with Crippen LogP contribution in [0, 0.1) is 0 Å². The molecular weight excluding hydrogens is 286 g/mol. The van der Waals surface area contributed by atoms with E-state index < -0.39 is 0 Å². The lowest BCUT2D eigenvalue weighted by molar-refractivity contribution is -0.113. The Labute approximate surface area is 138 Å². The predicted molar refractivity (Wildman–Crippen MR) is 96.6 cm³/mol. The van der Waals surface area contributed by atoms with Crippen molar-refractivity contribution in [2.24, 2.45) is 0 Å². The van der Waals surface area contributed by atoms with Crippen molar-refractivity contribution >= 4 is 22.9 Å². The number of piperidine rings is 1. The largest absolute Gasteiger partial charge is 0.388 e. The highest BCUT2D eigenvalue weighted by molar-refractivity contribution is 6.33. The number of nitrogens with zero attached hydrogens (tertiary/aromatic N) is 1. The van der Waals surface area contributed by atoms with Crippen LogP contribution in [0.3, 0.4) is 0 Å². The number of nitrogens with one attached hydrogen (secondary N) is 2. The molecule has 3 rings (SSSR count). The first-order valence-electron chi connectivity index (χ1n) is 8.70. The molecule has 0 aromatic heterocycles. The summed E-state index contributed by atoms with van der Waals surface area (Å²) in [6.45, 7) is 9.36. The molecule has 2 aliphatic heterocycles. The Morgan fingerprint density at radius 3 is 2.57 bits per heavy atom. The van der Waals surface area contributed by atoms with Crippen LogP contribution in [0.2, 0.25) is 0 Å². The van der Waals surface area contributed by atoms with Gasteiger partial charge in [-0.2, -0.15) is 0 Å². The van der Waals surface area contributed by atoms with Gasteiger partial charge in [0.15, 0.2) is 0 Å². The molecule has 0 unspecified atom stereocenters. The standard InChI is InChI=1S/C19H27N3O/c1-12(2)21-14-8-9-17-15(11-14)18(16-7-5-6-10-20-16)19(23)22(17)13(3)4/h8-9,11-13,20-21H,5-7,10H2,1-4H3/b18-16-. The number of amides is 1. The SMILES string of the molecule is CC(C)Nc1ccc2c(c1)/C(=C1\CCCCN1)C(=O)N2C(C)C. The molecule has 0 radical (unpaired) electrons. The molecule has 0 aliphatic carbocycles. The third-order valence-electron chi connectivity index (χ3n) is 4.42. The Hall–Kier alpha value is -1.97. The van der Waals surface area contributed by atoms with E-state index in [1.165, 1.54) is 6.42 Å². The minimum absolute atomic E-state index is 0.140. The number of benzene rings is 1. The first kappa shape index (κ1) is 15.9. The van der Waals surface area contributed by atoms with Crippen LogP contribution in [0.5, 0.6) is 0 Å². The second-order valence-electron chi connectivity index (χ2n) is 7.04. The molecule has 1 aromatic carbocycles. The zero-order valence-corrected chi connectivity index (χ0v) is 14.6. The smallest absolute Gasteiger partial charge is 0.260 e. The summed E-state index contributed by atoms with van der Waals surface area (Å²) >= 11 is 0. The topological polar surface area (TPSA) is 44.4 Å². The van der Waals surface area contributed by atoms with Crippen LogP contribution in [0.15, 0.2) is 23.9 Å². The van der Waals surface area contributed by atoms with Crippen molar-refractivity contribution in [1.29, 1.82) is 0 Å². The summed E-state index contributed by atoms with van der Waals surface area (Å²) < 4.78 is 0. The van der Waals surface area contributed by atoms with E-state index in [9.17, 15) is 4.79 Å². The van der Waals surface area contributed by atoms with Gasteiger partial charge in [0.1, 0.15) is 0 Å². The average molecular weight is 313 g/mol. The first-order chi connectivity index (χ1) is 11.0. The Bertz CT molecular complexity index is 638. The fraction of sp³-hybridized carbons (Fsp3) is 0.526. The molecular formula is C19H27N3O. The van der Waals surface area contributed by atoms with Gasteiger partial charge in [-0.3, -0.25) is 4.79 Å². The molecule has 124 valence electrons. The van der Waals surface area contributed by atoms with Gasteiger partial charge in [-0.1, -0.05) is 0 Å². The number of allylic oxidation sites excluding steroid dienone is 1. The van der Waals surface area contributed by atoms with Gasteiger partial charge in [-0.25, -0.2) is 0 Å². The molecule has 4 heteroatoms. The van der Waals surface area contributed by atoms with Crippen molar-refractivity contribution in [2.75, 3.05) is 16.8 Å². The van der Waals surface area contributed by atoms with E-state index in [2.05, 4.69) is 56.5 Å². The maximum Gasteiger partial charge on any atom is 0.260 e. The van der Waals surface area contributed by atoms with Gasteiger partial charge in [0.2, 0.25) is 0 Å². The maximum absolute atomic E-state index is 13.0. The molecule has 0 bridgehead atoms. The third kappa shape index (κ3) is 2.94. The summed E-state index contributed by atoms with van der Waals surface area (Å²) in [7, 11) is 0. The lowest BCUT2D eigenvalue weighted by atomic mass is 9.99. The fourth-order valence-electron chi connectivity index (χ4n) is 3.49. The molecule has 1 amide bonds. The highest BCUT2D eigenvalue weighted by Crippen LogP contribution is 2.41. The maximum atomic E-state index is 13.0. The number of carbonyl (C=O) groups excluding carboxylic acids is 1. The highest BCUT2D eigenvalue weighted by Gasteiger charge is 2.36. The van der Waals surface area contributed by atoms with Crippen LogP contribution in [0.1, 0.15) is 52.5 Å². The summed E-state index contributed by atoms with van der Waals surface area (Å²) in [5.41, 5.74) is 5.17. The summed E-state index contributed by atoms with van der Waals surface area (Å²) in [5.74, 6) is 0.140. The number of rotatable bonds is 3. The van der Waals surface area contributed by atoms with Gasteiger partial charge in [0.05, 0.1) is 11.3 Å². The van der Waals surface area contributed by atoms with E-state index in [0.717, 1.165) is 47.6 Å². The minimum atomic E-state index is 0.140. The second kappa shape index (κ2) is 6.26. The van der Waals surface area contributed by atoms with Gasteiger partial charge < -0.3 is 15.5 Å². The van der Waals surface area contributed by atoms with Gasteiger partial charge in [0.25, 0.3) is 5.91 Å². The van der Waals surface area contributed by atoms with Gasteiger partial charge in [-0.15, -0.1) is 0 Å². The first-order valence-corrected chi connectivity index (χ1v) is 8.70. The summed E-state index contributed by atoms with van der Waals surface area (Å²) in [6.07, 6.45) is 3.30. The van der Waals surface area contributed by atoms with Gasteiger partial charge in [-0.05, 0) is 65.2 Å². The number of anilines is 2. The van der Waals surface area contributed by atoms with E-state index >= 15 is 0 Å². The quantitative estimate of drug-likeness (QED) is 0.835. The Morgan fingerprint density at radius 2 is 1.96 bits per heavy atom. The number of carbonyl (C=O) groups is 1. The number of fused-ring (bicyclic) bond motifs is 1. The van der Waals surface area contributed by atoms with Crippen LogP contribution in [-0.4, -0.2) is 24.5 Å². The van der Waals surface area contributed by atoms with Gasteiger partial charge in [0, 0.05) is 35.6 Å². The highest BCUT2D eigenvalue weighted by atomic mass is 16.2. The number of hydrogen-bond donors (Lipinski definition) is 2. The van der Waals surface area contributed by atoms with Crippen LogP contribution in [0.4, 0.5) is 11.4 Å². The van der Waals surface area contributed by atoms with Crippen molar-refractivity contribution in [2.45, 2.75) is 59.0 Å². The van der Waals surface area contributed by atoms with E-state index in [0.29, 0.717) is 6.04 Å². The normalized spacial score (nSPS) is 21.0. The molecule has 23 heavy (non-hydrogen) atoms. The van der Waals surface area contributed by atoms with Crippen LogP contribution in [-0.2, 0) is 4.79 Å². The second-order valence-corrected chi connectivity index (χ2v) is 7.04. The zero-order chi connectivity index (χ0) is 16.6. The molecule has 0 spiro atoms. The molecule has 4 nitrogen and oxygen atoms in total. The molecule has 2 N–H and O–H groups in total. The molecule has 0 atom stereocenters. The van der Waals surface area contributed by atoms with Crippen molar-refractivity contribution in [3.8, 4) is 0 Å². The van der Waals surface area contributed by atoms with Gasteiger partial charge >= 0.3 is 0 Å². The van der Waals surface area contributed by atoms with E-state index in [1.807, 2.05) is 4.90 Å². The summed E-state index contributed by atoms with van der Waals surface area (Å²) in [5, 5.41) is 6.91. The van der Waals surface area contributed by atoms with Crippen molar-refractivity contribution in [1.82, 2.24) is 5.32 Å². The molecule has 1 aromatic rings. The molecule has 2 aliphatic rings. The number of hydrogen-bond acceptors (Lipinski definition) is 3. The molecule has 2 heterocycles. The van der Waals surface area contributed by atoms with Crippen molar-refractivity contribution in [3.05, 3.63) is 29.5 Å². The van der Waals surface area contributed by atoms with Crippen LogP contribution < -0.4 is 15.5 Å². The van der Waals surface area contributed by atoms with Crippen LogP contribution in [0.25, 0.3) is 5.57 Å². The Morgan fingerprint density at radius 1 is 1.17 bits per heavy atom. The Balaban J connectivity index is 2.10. The fourth-order valence-corrected chi connectivity index (χ4v) is 3.49. The van der Waals surface area contributed by atoms with Crippen molar-refractivity contribution < 1.29 is 4.79 Å². The summed E-state index contributed by atoms with van der Waals surface area (Å²) in [4.78, 5) is 15.0. The van der Waals surface area contributed by atoms with Crippen molar-refractivity contribution in [3.63, 3.8) is 0 Å². The lowest BCUT2D eigenvalue weighted by Gasteiger charge is -2.22. The monoisotopic (exact) mass is 313 g/mol. The third-order valence-corrected chi connectivity index (χ3v) is 4.42. The zero-order valence-electron chi connectivity index (χ0n) is 14.6. The lowest BCUT2D eigenvalue weighted by Crippen LogP contribution is -2.34. The average Bonchev–Trinajstić information content (AvgIpc) is 2.79. The predicted octanol–water partition coefficient (Wildman–Crippen LogP) is 3.75. The summed E-state index contributed by atoms with van der Waals surface area (Å²) in [6, 6.07) is 6.81. The molecule has 1 saturated heterocycles. The minimum Gasteiger partial charge on any atom is -0.388 e. The van der Waals surface area contributed by atoms with Crippen LogP contribution >= 0.6 is 0 Å².